The molecule has 0 saturated carbocycles. The summed E-state index contributed by atoms with van der Waals surface area (Å²) in [5, 5.41) is 11.7. The number of hydrogen-bond donors (Lipinski definition) is 0. The summed E-state index contributed by atoms with van der Waals surface area (Å²) >= 11 is 5.94. The lowest BCUT2D eigenvalue weighted by molar-refractivity contribution is -0.384. The molecule has 0 spiro atoms. The van der Waals surface area contributed by atoms with Crippen molar-refractivity contribution in [2.75, 3.05) is 6.61 Å². The number of benzene rings is 2. The fourth-order valence-electron chi connectivity index (χ4n) is 2.50. The van der Waals surface area contributed by atoms with E-state index in [0.29, 0.717) is 27.4 Å². The standard InChI is InChI=1S/C18H16ClN3O5/c1-3-26-18(23)11(2)27-21-16-10-14(22(24)25)8-9-15(16)20-17(21)12-4-6-13(19)7-5-12/h4-11H,3H2,1-2H3/t11-/m1/s1. The maximum absolute atomic E-state index is 12.0. The van der Waals surface area contributed by atoms with Crippen molar-refractivity contribution < 1.29 is 19.3 Å². The maximum atomic E-state index is 12.0. The number of rotatable bonds is 6. The Morgan fingerprint density at radius 3 is 2.63 bits per heavy atom. The van der Waals surface area contributed by atoms with E-state index in [0.717, 1.165) is 0 Å². The Morgan fingerprint density at radius 2 is 2.00 bits per heavy atom. The van der Waals surface area contributed by atoms with Gasteiger partial charge in [0.1, 0.15) is 5.52 Å². The summed E-state index contributed by atoms with van der Waals surface area (Å²) < 4.78 is 6.28. The number of ether oxygens (including phenoxy) is 1. The lowest BCUT2D eigenvalue weighted by atomic mass is 10.2. The first-order valence-electron chi connectivity index (χ1n) is 8.17. The summed E-state index contributed by atoms with van der Waals surface area (Å²) in [5.74, 6) is -0.162. The number of esters is 1. The fourth-order valence-corrected chi connectivity index (χ4v) is 2.63. The summed E-state index contributed by atoms with van der Waals surface area (Å²) in [6, 6.07) is 11.1. The molecule has 3 rings (SSSR count). The van der Waals surface area contributed by atoms with E-state index in [9.17, 15) is 14.9 Å². The van der Waals surface area contributed by atoms with Gasteiger partial charge in [-0.05, 0) is 44.2 Å². The van der Waals surface area contributed by atoms with E-state index in [2.05, 4.69) is 4.98 Å². The first-order chi connectivity index (χ1) is 12.9. The van der Waals surface area contributed by atoms with Crippen LogP contribution < -0.4 is 4.84 Å². The summed E-state index contributed by atoms with van der Waals surface area (Å²) in [6.45, 7) is 3.44. The van der Waals surface area contributed by atoms with Crippen LogP contribution in [0.5, 0.6) is 0 Å². The summed E-state index contributed by atoms with van der Waals surface area (Å²) in [6.07, 6.45) is -0.937. The highest BCUT2D eigenvalue weighted by atomic mass is 35.5. The van der Waals surface area contributed by atoms with Crippen LogP contribution in [-0.2, 0) is 9.53 Å². The Kier molecular flexibility index (Phi) is 5.27. The van der Waals surface area contributed by atoms with Gasteiger partial charge in [-0.3, -0.25) is 10.1 Å². The van der Waals surface area contributed by atoms with Gasteiger partial charge in [0.15, 0.2) is 5.82 Å². The van der Waals surface area contributed by atoms with Crippen LogP contribution in [0.15, 0.2) is 42.5 Å². The molecule has 1 atom stereocenters. The largest absolute Gasteiger partial charge is 0.463 e. The number of non-ortho nitro benzene ring substituents is 1. The number of fused-ring (bicyclic) bond motifs is 1. The Morgan fingerprint density at radius 1 is 1.30 bits per heavy atom. The van der Waals surface area contributed by atoms with Gasteiger partial charge in [0.05, 0.1) is 17.0 Å². The minimum absolute atomic E-state index is 0.112. The van der Waals surface area contributed by atoms with Gasteiger partial charge in [0.2, 0.25) is 6.10 Å². The van der Waals surface area contributed by atoms with Crippen LogP contribution in [0.1, 0.15) is 13.8 Å². The van der Waals surface area contributed by atoms with E-state index in [1.165, 1.54) is 29.9 Å². The van der Waals surface area contributed by atoms with Crippen LogP contribution in [0.25, 0.3) is 22.4 Å². The average molecular weight is 390 g/mol. The molecule has 0 aliphatic heterocycles. The Hall–Kier alpha value is -3.13. The van der Waals surface area contributed by atoms with Gasteiger partial charge in [-0.1, -0.05) is 11.6 Å². The maximum Gasteiger partial charge on any atom is 0.349 e. The number of nitrogens with zero attached hydrogens (tertiary/aromatic N) is 3. The van der Waals surface area contributed by atoms with Crippen LogP contribution in [0, 0.1) is 10.1 Å². The highest BCUT2D eigenvalue weighted by Gasteiger charge is 2.22. The first kappa shape index (κ1) is 18.7. The molecule has 0 radical (unpaired) electrons. The second-order valence-electron chi connectivity index (χ2n) is 5.67. The van der Waals surface area contributed by atoms with Gasteiger partial charge in [0.25, 0.3) is 5.69 Å². The molecule has 0 N–H and O–H groups in total. The first-order valence-corrected chi connectivity index (χ1v) is 8.55. The molecule has 0 amide bonds. The average Bonchev–Trinajstić information content (AvgIpc) is 3.00. The van der Waals surface area contributed by atoms with Crippen molar-refractivity contribution in [1.29, 1.82) is 0 Å². The van der Waals surface area contributed by atoms with Gasteiger partial charge in [-0.15, -0.1) is 0 Å². The number of nitro groups is 1. The van der Waals surface area contributed by atoms with E-state index in [4.69, 9.17) is 21.2 Å². The molecule has 1 heterocycles. The van der Waals surface area contributed by atoms with Crippen molar-refractivity contribution >= 4 is 34.3 Å². The smallest absolute Gasteiger partial charge is 0.349 e. The van der Waals surface area contributed by atoms with Crippen molar-refractivity contribution in [3.8, 4) is 11.4 Å². The number of nitro benzene ring substituents is 1. The topological polar surface area (TPSA) is 96.5 Å². The van der Waals surface area contributed by atoms with Crippen LogP contribution in [0.4, 0.5) is 5.69 Å². The lowest BCUT2D eigenvalue weighted by Gasteiger charge is -2.16. The zero-order chi connectivity index (χ0) is 19.6. The number of halogens is 1. The van der Waals surface area contributed by atoms with Crippen molar-refractivity contribution in [3.63, 3.8) is 0 Å². The van der Waals surface area contributed by atoms with Gasteiger partial charge >= 0.3 is 5.97 Å². The lowest BCUT2D eigenvalue weighted by Crippen LogP contribution is -2.32. The van der Waals surface area contributed by atoms with Crippen molar-refractivity contribution in [1.82, 2.24) is 9.71 Å². The zero-order valence-corrected chi connectivity index (χ0v) is 15.3. The normalized spacial score (nSPS) is 12.0. The van der Waals surface area contributed by atoms with Crippen LogP contribution in [0.2, 0.25) is 5.02 Å². The third kappa shape index (κ3) is 3.85. The Balaban J connectivity index is 2.14. The molecule has 0 aliphatic rings. The van der Waals surface area contributed by atoms with Crippen molar-refractivity contribution in [2.45, 2.75) is 20.0 Å². The fraction of sp³-hybridized carbons (Fsp3) is 0.222. The number of aromatic nitrogens is 2. The molecule has 8 nitrogen and oxygen atoms in total. The molecule has 3 aromatic rings. The molecular weight excluding hydrogens is 374 g/mol. The summed E-state index contributed by atoms with van der Waals surface area (Å²) in [4.78, 5) is 32.8. The third-order valence-corrected chi connectivity index (χ3v) is 4.04. The highest BCUT2D eigenvalue weighted by Crippen LogP contribution is 2.28. The molecule has 27 heavy (non-hydrogen) atoms. The van der Waals surface area contributed by atoms with Gasteiger partial charge in [0, 0.05) is 22.7 Å². The number of carbonyl (C=O) groups is 1. The molecule has 9 heteroatoms. The molecule has 140 valence electrons. The van der Waals surface area contributed by atoms with Crippen molar-refractivity contribution in [2.24, 2.45) is 0 Å². The highest BCUT2D eigenvalue weighted by molar-refractivity contribution is 6.30. The van der Waals surface area contributed by atoms with E-state index in [-0.39, 0.29) is 12.3 Å². The molecular formula is C18H16ClN3O5. The second-order valence-corrected chi connectivity index (χ2v) is 6.10. The molecule has 0 aliphatic carbocycles. The number of hydrogen-bond acceptors (Lipinski definition) is 6. The minimum atomic E-state index is -0.937. The predicted molar refractivity (Wildman–Crippen MR) is 99.5 cm³/mol. The van der Waals surface area contributed by atoms with Crippen molar-refractivity contribution in [3.05, 3.63) is 57.6 Å². The van der Waals surface area contributed by atoms with E-state index in [1.54, 1.807) is 31.2 Å². The van der Waals surface area contributed by atoms with E-state index < -0.39 is 17.0 Å². The Labute approximate surface area is 159 Å². The molecule has 0 unspecified atom stereocenters. The van der Waals surface area contributed by atoms with Crippen LogP contribution in [0.3, 0.4) is 0 Å². The molecule has 0 bridgehead atoms. The SMILES string of the molecule is CCOC(=O)[C@@H](C)On1c(-c2ccc(Cl)cc2)nc2ccc([N+](=O)[O-])cc21. The van der Waals surface area contributed by atoms with Crippen LogP contribution in [-0.4, -0.2) is 33.3 Å². The molecule has 0 fully saturated rings. The predicted octanol–water partition coefficient (Wildman–Crippen LogP) is 3.65. The van der Waals surface area contributed by atoms with Crippen LogP contribution >= 0.6 is 11.6 Å². The zero-order valence-electron chi connectivity index (χ0n) is 14.6. The summed E-state index contributed by atoms with van der Waals surface area (Å²) in [5.41, 5.74) is 1.42. The number of carbonyl (C=O) groups excluding carboxylic acids is 1. The quantitative estimate of drug-likeness (QED) is 0.362. The summed E-state index contributed by atoms with van der Waals surface area (Å²) in [7, 11) is 0. The molecule has 2 aromatic carbocycles. The number of imidazole rings is 1. The van der Waals surface area contributed by atoms with Gasteiger partial charge < -0.3 is 9.57 Å². The Bertz CT molecular complexity index is 1000. The molecule has 1 aromatic heterocycles. The van der Waals surface area contributed by atoms with Gasteiger partial charge in [-0.25, -0.2) is 9.78 Å². The third-order valence-electron chi connectivity index (χ3n) is 3.79. The van der Waals surface area contributed by atoms with E-state index >= 15 is 0 Å². The van der Waals surface area contributed by atoms with Gasteiger partial charge in [-0.2, -0.15) is 4.73 Å². The minimum Gasteiger partial charge on any atom is -0.463 e. The molecule has 0 saturated heterocycles. The van der Waals surface area contributed by atoms with E-state index in [1.807, 2.05) is 0 Å². The second kappa shape index (κ2) is 7.63. The monoisotopic (exact) mass is 389 g/mol.